The van der Waals surface area contributed by atoms with E-state index >= 15 is 0 Å². The van der Waals surface area contributed by atoms with Gasteiger partial charge in [-0.15, -0.1) is 0 Å². The number of fused-ring (bicyclic) bond motifs is 1. The molecule has 0 saturated heterocycles. The van der Waals surface area contributed by atoms with Crippen LogP contribution in [0.2, 0.25) is 0 Å². The molecule has 0 saturated carbocycles. The monoisotopic (exact) mass is 268 g/mol. The fourth-order valence-corrected chi connectivity index (χ4v) is 2.24. The molecule has 2 heteroatoms. The van der Waals surface area contributed by atoms with Gasteiger partial charge >= 0.3 is 0 Å². The standard InChI is InChI=1S/C13H17BrO/c1-10(9-14)15-13-8-4-6-11-5-2-3-7-12(11)13/h4,6,8,10H,2-3,5,7,9H2,1H3/t10-/m0/s1. The number of benzene rings is 1. The zero-order chi connectivity index (χ0) is 10.7. The van der Waals surface area contributed by atoms with Gasteiger partial charge in [0.1, 0.15) is 11.9 Å². The Kier molecular flexibility index (Phi) is 3.68. The third-order valence-electron chi connectivity index (χ3n) is 2.90. The Hall–Kier alpha value is -0.500. The Morgan fingerprint density at radius 3 is 2.93 bits per heavy atom. The van der Waals surface area contributed by atoms with Crippen molar-refractivity contribution >= 4 is 15.9 Å². The highest BCUT2D eigenvalue weighted by atomic mass is 79.9. The molecule has 1 aromatic carbocycles. The molecule has 0 unspecified atom stereocenters. The van der Waals surface area contributed by atoms with Crippen molar-refractivity contribution in [2.24, 2.45) is 0 Å². The summed E-state index contributed by atoms with van der Waals surface area (Å²) in [5.74, 6) is 1.10. The highest BCUT2D eigenvalue weighted by Gasteiger charge is 2.14. The van der Waals surface area contributed by atoms with Crippen LogP contribution >= 0.6 is 15.9 Å². The predicted molar refractivity (Wildman–Crippen MR) is 67.0 cm³/mol. The Labute approximate surface area is 100.0 Å². The van der Waals surface area contributed by atoms with Crippen LogP contribution in [0.3, 0.4) is 0 Å². The molecule has 0 radical (unpaired) electrons. The van der Waals surface area contributed by atoms with Gasteiger partial charge in [-0.05, 0) is 49.8 Å². The quantitative estimate of drug-likeness (QED) is 0.760. The summed E-state index contributed by atoms with van der Waals surface area (Å²) in [4.78, 5) is 0. The van der Waals surface area contributed by atoms with Crippen molar-refractivity contribution in [1.29, 1.82) is 0 Å². The van der Waals surface area contributed by atoms with Crippen molar-refractivity contribution in [1.82, 2.24) is 0 Å². The van der Waals surface area contributed by atoms with Crippen molar-refractivity contribution in [3.63, 3.8) is 0 Å². The first-order chi connectivity index (χ1) is 7.31. The summed E-state index contributed by atoms with van der Waals surface area (Å²) >= 11 is 3.44. The summed E-state index contributed by atoms with van der Waals surface area (Å²) in [6.07, 6.45) is 5.27. The molecule has 0 aliphatic heterocycles. The number of halogens is 1. The molecule has 0 spiro atoms. The average molecular weight is 269 g/mol. The van der Waals surface area contributed by atoms with E-state index in [-0.39, 0.29) is 6.10 Å². The first kappa shape index (κ1) is 11.0. The number of aryl methyl sites for hydroxylation is 1. The van der Waals surface area contributed by atoms with Gasteiger partial charge in [0.25, 0.3) is 0 Å². The van der Waals surface area contributed by atoms with Gasteiger partial charge < -0.3 is 4.74 Å². The van der Waals surface area contributed by atoms with E-state index in [1.165, 1.54) is 36.8 Å². The molecule has 0 N–H and O–H groups in total. The van der Waals surface area contributed by atoms with E-state index in [2.05, 4.69) is 41.1 Å². The minimum absolute atomic E-state index is 0.249. The predicted octanol–water partition coefficient (Wildman–Crippen LogP) is 3.73. The lowest BCUT2D eigenvalue weighted by molar-refractivity contribution is 0.244. The summed E-state index contributed by atoms with van der Waals surface area (Å²) < 4.78 is 5.92. The molecule has 15 heavy (non-hydrogen) atoms. The molecule has 82 valence electrons. The number of alkyl halides is 1. The number of ether oxygens (including phenoxy) is 1. The smallest absolute Gasteiger partial charge is 0.123 e. The van der Waals surface area contributed by atoms with E-state index in [1.807, 2.05) is 0 Å². The largest absolute Gasteiger partial charge is 0.490 e. The third kappa shape index (κ3) is 2.54. The zero-order valence-corrected chi connectivity index (χ0v) is 10.7. The molecular weight excluding hydrogens is 252 g/mol. The van der Waals surface area contributed by atoms with Gasteiger partial charge in [0, 0.05) is 5.33 Å². The van der Waals surface area contributed by atoms with Crippen molar-refractivity contribution in [2.75, 3.05) is 5.33 Å². The Morgan fingerprint density at radius 1 is 1.33 bits per heavy atom. The lowest BCUT2D eigenvalue weighted by Crippen LogP contribution is -2.15. The van der Waals surface area contributed by atoms with Crippen LogP contribution in [-0.2, 0) is 12.8 Å². The number of hydrogen-bond donors (Lipinski definition) is 0. The van der Waals surface area contributed by atoms with Crippen molar-refractivity contribution in [2.45, 2.75) is 38.7 Å². The fourth-order valence-electron chi connectivity index (χ4n) is 2.10. The molecule has 0 fully saturated rings. The number of rotatable bonds is 3. The van der Waals surface area contributed by atoms with Gasteiger partial charge in [-0.3, -0.25) is 0 Å². The van der Waals surface area contributed by atoms with Crippen LogP contribution < -0.4 is 4.74 Å². The van der Waals surface area contributed by atoms with Crippen molar-refractivity contribution in [3.8, 4) is 5.75 Å². The zero-order valence-electron chi connectivity index (χ0n) is 9.13. The molecule has 0 amide bonds. The third-order valence-corrected chi connectivity index (χ3v) is 3.81. The molecular formula is C13H17BrO. The fraction of sp³-hybridized carbons (Fsp3) is 0.538. The first-order valence-corrected chi connectivity index (χ1v) is 6.77. The van der Waals surface area contributed by atoms with Crippen molar-refractivity contribution < 1.29 is 4.74 Å². The van der Waals surface area contributed by atoms with E-state index in [0.717, 1.165) is 11.1 Å². The maximum absolute atomic E-state index is 5.92. The SMILES string of the molecule is C[C@@H](CBr)Oc1cccc2c1CCCC2. The van der Waals surface area contributed by atoms with E-state index < -0.39 is 0 Å². The van der Waals surface area contributed by atoms with Gasteiger partial charge in [0.15, 0.2) is 0 Å². The maximum Gasteiger partial charge on any atom is 0.123 e. The van der Waals surface area contributed by atoms with Crippen LogP contribution in [0.1, 0.15) is 30.9 Å². The average Bonchev–Trinajstić information content (AvgIpc) is 2.29. The highest BCUT2D eigenvalue weighted by Crippen LogP contribution is 2.30. The minimum atomic E-state index is 0.249. The van der Waals surface area contributed by atoms with Crippen LogP contribution in [0, 0.1) is 0 Å². The molecule has 2 rings (SSSR count). The minimum Gasteiger partial charge on any atom is -0.490 e. The highest BCUT2D eigenvalue weighted by molar-refractivity contribution is 9.09. The van der Waals surface area contributed by atoms with Crippen LogP contribution in [0.15, 0.2) is 18.2 Å². The molecule has 1 aromatic rings. The maximum atomic E-state index is 5.92. The lowest BCUT2D eigenvalue weighted by atomic mass is 9.91. The molecule has 0 heterocycles. The van der Waals surface area contributed by atoms with E-state index in [1.54, 1.807) is 0 Å². The normalized spacial score (nSPS) is 16.9. The summed E-state index contributed by atoms with van der Waals surface area (Å²) in [6, 6.07) is 6.45. The molecule has 1 aliphatic rings. The van der Waals surface area contributed by atoms with E-state index in [0.29, 0.717) is 0 Å². The van der Waals surface area contributed by atoms with Crippen molar-refractivity contribution in [3.05, 3.63) is 29.3 Å². The second-order valence-electron chi connectivity index (χ2n) is 4.18. The molecule has 1 aliphatic carbocycles. The van der Waals surface area contributed by atoms with Gasteiger partial charge in [0.2, 0.25) is 0 Å². The van der Waals surface area contributed by atoms with E-state index in [9.17, 15) is 0 Å². The Morgan fingerprint density at radius 2 is 2.13 bits per heavy atom. The van der Waals surface area contributed by atoms with Gasteiger partial charge in [-0.2, -0.15) is 0 Å². The summed E-state index contributed by atoms with van der Waals surface area (Å²) in [5, 5.41) is 0.886. The summed E-state index contributed by atoms with van der Waals surface area (Å²) in [5.41, 5.74) is 2.93. The molecule has 1 atom stereocenters. The molecule has 1 nitrogen and oxygen atoms in total. The van der Waals surface area contributed by atoms with Gasteiger partial charge in [0.05, 0.1) is 0 Å². The summed E-state index contributed by atoms with van der Waals surface area (Å²) in [6.45, 7) is 2.09. The van der Waals surface area contributed by atoms with E-state index in [4.69, 9.17) is 4.74 Å². The van der Waals surface area contributed by atoms with Crippen LogP contribution in [0.4, 0.5) is 0 Å². The molecule has 0 aromatic heterocycles. The van der Waals surface area contributed by atoms with Crippen LogP contribution in [0.25, 0.3) is 0 Å². The van der Waals surface area contributed by atoms with Gasteiger partial charge in [-0.1, -0.05) is 28.1 Å². The van der Waals surface area contributed by atoms with Crippen LogP contribution in [-0.4, -0.2) is 11.4 Å². The Balaban J connectivity index is 2.23. The lowest BCUT2D eigenvalue weighted by Gasteiger charge is -2.21. The molecule has 0 bridgehead atoms. The first-order valence-electron chi connectivity index (χ1n) is 5.64. The second-order valence-corrected chi connectivity index (χ2v) is 4.83. The topological polar surface area (TPSA) is 9.23 Å². The van der Waals surface area contributed by atoms with Crippen LogP contribution in [0.5, 0.6) is 5.75 Å². The second kappa shape index (κ2) is 5.02. The van der Waals surface area contributed by atoms with Gasteiger partial charge in [-0.25, -0.2) is 0 Å². The number of hydrogen-bond acceptors (Lipinski definition) is 1. The summed E-state index contributed by atoms with van der Waals surface area (Å²) in [7, 11) is 0. The Bertz CT molecular complexity index is 335.